The average molecular weight is 286 g/mol. The van der Waals surface area contributed by atoms with Crippen molar-refractivity contribution in [2.75, 3.05) is 24.2 Å². The third kappa shape index (κ3) is 5.27. The zero-order chi connectivity index (χ0) is 14.3. The fraction of sp³-hybridized carbons (Fsp3) is 0.417. The SMILES string of the molecule is COCCCS(=O)(=O)Nc1ccc(C(C)=NO)cc1. The van der Waals surface area contributed by atoms with E-state index >= 15 is 0 Å². The minimum Gasteiger partial charge on any atom is -0.411 e. The van der Waals surface area contributed by atoms with Crippen LogP contribution in [0.25, 0.3) is 0 Å². The Bertz CT molecular complexity index is 523. The Balaban J connectivity index is 2.67. The summed E-state index contributed by atoms with van der Waals surface area (Å²) in [6.07, 6.45) is 0.445. The first-order valence-electron chi connectivity index (χ1n) is 5.77. The number of sulfonamides is 1. The number of oxime groups is 1. The van der Waals surface area contributed by atoms with E-state index in [-0.39, 0.29) is 5.75 Å². The molecule has 0 unspecified atom stereocenters. The lowest BCUT2D eigenvalue weighted by molar-refractivity contribution is 0.199. The van der Waals surface area contributed by atoms with Gasteiger partial charge >= 0.3 is 0 Å². The van der Waals surface area contributed by atoms with Gasteiger partial charge in [-0.05, 0) is 31.0 Å². The van der Waals surface area contributed by atoms with Crippen LogP contribution in [0.4, 0.5) is 5.69 Å². The third-order valence-corrected chi connectivity index (χ3v) is 3.86. The van der Waals surface area contributed by atoms with Crippen molar-refractivity contribution in [1.82, 2.24) is 0 Å². The fourth-order valence-electron chi connectivity index (χ4n) is 1.46. The quantitative estimate of drug-likeness (QED) is 0.345. The van der Waals surface area contributed by atoms with Crippen LogP contribution in [0.5, 0.6) is 0 Å². The summed E-state index contributed by atoms with van der Waals surface area (Å²) in [4.78, 5) is 0. The average Bonchev–Trinajstić information content (AvgIpc) is 2.38. The number of nitrogens with zero attached hydrogens (tertiary/aromatic N) is 1. The van der Waals surface area contributed by atoms with Gasteiger partial charge in [0.2, 0.25) is 10.0 Å². The number of benzene rings is 1. The lowest BCUT2D eigenvalue weighted by atomic mass is 10.1. The van der Waals surface area contributed by atoms with Crippen LogP contribution in [0.3, 0.4) is 0 Å². The molecule has 0 fully saturated rings. The highest BCUT2D eigenvalue weighted by molar-refractivity contribution is 7.92. The summed E-state index contributed by atoms with van der Waals surface area (Å²) >= 11 is 0. The highest BCUT2D eigenvalue weighted by atomic mass is 32.2. The van der Waals surface area contributed by atoms with E-state index < -0.39 is 10.0 Å². The molecule has 1 aromatic rings. The number of methoxy groups -OCH3 is 1. The number of ether oxygens (including phenoxy) is 1. The molecular formula is C12H18N2O4S. The first kappa shape index (κ1) is 15.5. The molecule has 0 aromatic heterocycles. The first-order valence-corrected chi connectivity index (χ1v) is 7.42. The van der Waals surface area contributed by atoms with E-state index in [0.29, 0.717) is 24.4 Å². The van der Waals surface area contributed by atoms with Crippen LogP contribution < -0.4 is 4.72 Å². The summed E-state index contributed by atoms with van der Waals surface area (Å²) in [6.45, 7) is 2.07. The van der Waals surface area contributed by atoms with E-state index in [9.17, 15) is 8.42 Å². The van der Waals surface area contributed by atoms with Gasteiger partial charge in [0.05, 0.1) is 11.5 Å². The molecule has 1 rings (SSSR count). The Labute approximate surface area is 113 Å². The maximum atomic E-state index is 11.7. The second-order valence-corrected chi connectivity index (χ2v) is 5.87. The predicted octanol–water partition coefficient (Wildman–Crippen LogP) is 1.66. The molecule has 2 N–H and O–H groups in total. The first-order chi connectivity index (χ1) is 8.98. The maximum absolute atomic E-state index is 11.7. The van der Waals surface area contributed by atoms with Crippen molar-refractivity contribution in [3.8, 4) is 0 Å². The summed E-state index contributed by atoms with van der Waals surface area (Å²) in [5, 5.41) is 11.7. The van der Waals surface area contributed by atoms with Crippen molar-refractivity contribution >= 4 is 21.4 Å². The predicted molar refractivity (Wildman–Crippen MR) is 74.3 cm³/mol. The summed E-state index contributed by atoms with van der Waals surface area (Å²) in [5.41, 5.74) is 1.67. The molecule has 1 aromatic carbocycles. The molecular weight excluding hydrogens is 268 g/mol. The zero-order valence-corrected chi connectivity index (χ0v) is 11.8. The molecule has 106 valence electrons. The van der Waals surface area contributed by atoms with Gasteiger partial charge in [0, 0.05) is 19.4 Å². The Morgan fingerprint density at radius 1 is 1.37 bits per heavy atom. The number of hydrogen-bond acceptors (Lipinski definition) is 5. The van der Waals surface area contributed by atoms with Crippen LogP contribution >= 0.6 is 0 Å². The van der Waals surface area contributed by atoms with Crippen molar-refractivity contribution < 1.29 is 18.4 Å². The number of rotatable bonds is 7. The van der Waals surface area contributed by atoms with E-state index in [4.69, 9.17) is 9.94 Å². The van der Waals surface area contributed by atoms with Gasteiger partial charge in [-0.25, -0.2) is 8.42 Å². The molecule has 0 radical (unpaired) electrons. The van der Waals surface area contributed by atoms with Crippen molar-refractivity contribution in [2.45, 2.75) is 13.3 Å². The molecule has 0 saturated carbocycles. The van der Waals surface area contributed by atoms with E-state index in [1.54, 1.807) is 31.2 Å². The molecule has 0 atom stereocenters. The smallest absolute Gasteiger partial charge is 0.232 e. The fourth-order valence-corrected chi connectivity index (χ4v) is 2.56. The Morgan fingerprint density at radius 2 is 2.00 bits per heavy atom. The molecule has 0 amide bonds. The summed E-state index contributed by atoms with van der Waals surface area (Å²) < 4.78 is 30.7. The highest BCUT2D eigenvalue weighted by Crippen LogP contribution is 2.12. The number of nitrogens with one attached hydrogen (secondary N) is 1. The van der Waals surface area contributed by atoms with Gasteiger partial charge in [0.15, 0.2) is 0 Å². The topological polar surface area (TPSA) is 88.0 Å². The van der Waals surface area contributed by atoms with Crippen LogP contribution in [0.1, 0.15) is 18.9 Å². The molecule has 7 heteroatoms. The molecule has 0 bridgehead atoms. The Hall–Kier alpha value is -1.60. The van der Waals surface area contributed by atoms with Gasteiger partial charge in [-0.15, -0.1) is 0 Å². The number of hydrogen-bond donors (Lipinski definition) is 2. The van der Waals surface area contributed by atoms with Gasteiger partial charge in [-0.1, -0.05) is 17.3 Å². The minimum absolute atomic E-state index is 0.0136. The van der Waals surface area contributed by atoms with Gasteiger partial charge < -0.3 is 9.94 Å². The number of anilines is 1. The zero-order valence-electron chi connectivity index (χ0n) is 11.0. The van der Waals surface area contributed by atoms with Crippen LogP contribution in [0, 0.1) is 0 Å². The molecule has 6 nitrogen and oxygen atoms in total. The van der Waals surface area contributed by atoms with Gasteiger partial charge in [-0.3, -0.25) is 4.72 Å². The lowest BCUT2D eigenvalue weighted by Crippen LogP contribution is -2.17. The van der Waals surface area contributed by atoms with Crippen molar-refractivity contribution in [3.63, 3.8) is 0 Å². The molecule has 0 spiro atoms. The van der Waals surface area contributed by atoms with E-state index in [1.807, 2.05) is 0 Å². The lowest BCUT2D eigenvalue weighted by Gasteiger charge is -2.08. The standard InChI is InChI=1S/C12H18N2O4S/c1-10(13-15)11-4-6-12(7-5-11)14-19(16,17)9-3-8-18-2/h4-7,14-15H,3,8-9H2,1-2H3. The van der Waals surface area contributed by atoms with Crippen molar-refractivity contribution in [3.05, 3.63) is 29.8 Å². The second-order valence-electron chi connectivity index (χ2n) is 4.03. The van der Waals surface area contributed by atoms with E-state index in [0.717, 1.165) is 5.56 Å². The Morgan fingerprint density at radius 3 is 2.53 bits per heavy atom. The third-order valence-electron chi connectivity index (χ3n) is 2.49. The van der Waals surface area contributed by atoms with Crippen LogP contribution in [-0.4, -0.2) is 38.8 Å². The largest absolute Gasteiger partial charge is 0.411 e. The molecule has 19 heavy (non-hydrogen) atoms. The van der Waals surface area contributed by atoms with E-state index in [2.05, 4.69) is 9.88 Å². The van der Waals surface area contributed by atoms with Crippen LogP contribution in [-0.2, 0) is 14.8 Å². The minimum atomic E-state index is -3.36. The molecule has 0 aliphatic heterocycles. The van der Waals surface area contributed by atoms with Gasteiger partial charge in [0.25, 0.3) is 0 Å². The van der Waals surface area contributed by atoms with Gasteiger partial charge in [0.1, 0.15) is 0 Å². The van der Waals surface area contributed by atoms with E-state index in [1.165, 1.54) is 7.11 Å². The Kier molecular flexibility index (Phi) is 5.78. The summed E-state index contributed by atoms with van der Waals surface area (Å²) in [6, 6.07) is 6.61. The molecule has 0 heterocycles. The summed E-state index contributed by atoms with van der Waals surface area (Å²) in [7, 11) is -1.82. The molecule has 0 aliphatic rings. The molecule has 0 aliphatic carbocycles. The summed E-state index contributed by atoms with van der Waals surface area (Å²) in [5.74, 6) is 0.0136. The van der Waals surface area contributed by atoms with Crippen molar-refractivity contribution in [2.24, 2.45) is 5.16 Å². The normalized spacial score (nSPS) is 12.4. The van der Waals surface area contributed by atoms with Crippen molar-refractivity contribution in [1.29, 1.82) is 0 Å². The monoisotopic (exact) mass is 286 g/mol. The maximum Gasteiger partial charge on any atom is 0.232 e. The van der Waals surface area contributed by atoms with Gasteiger partial charge in [-0.2, -0.15) is 0 Å². The van der Waals surface area contributed by atoms with Crippen LogP contribution in [0.15, 0.2) is 29.4 Å². The van der Waals surface area contributed by atoms with Crippen LogP contribution in [0.2, 0.25) is 0 Å². The molecule has 0 saturated heterocycles. The second kappa shape index (κ2) is 7.10. The highest BCUT2D eigenvalue weighted by Gasteiger charge is 2.10.